The normalized spacial score (nSPS) is 17.2. The van der Waals surface area contributed by atoms with Crippen LogP contribution in [0.2, 0.25) is 0 Å². The number of nitrogens with zero attached hydrogens (tertiary/aromatic N) is 1. The summed E-state index contributed by atoms with van der Waals surface area (Å²) >= 11 is 1.63. The first-order chi connectivity index (χ1) is 8.22. The monoisotopic (exact) mass is 253 g/mol. The highest BCUT2D eigenvalue weighted by Gasteiger charge is 2.25. The Labute approximate surface area is 106 Å². The van der Waals surface area contributed by atoms with Gasteiger partial charge in [-0.2, -0.15) is 0 Å². The highest BCUT2D eigenvalue weighted by Crippen LogP contribution is 2.37. The lowest BCUT2D eigenvalue weighted by molar-refractivity contribution is 0.0689. The summed E-state index contributed by atoms with van der Waals surface area (Å²) in [6.07, 6.45) is 7.94. The molecule has 1 aliphatic rings. The zero-order chi connectivity index (χ0) is 12.3. The molecule has 1 heterocycles. The molecular formula is C13H19NO2S. The lowest BCUT2D eigenvalue weighted by Gasteiger charge is -2.20. The number of carboxylic acids is 1. The lowest BCUT2D eigenvalue weighted by Crippen LogP contribution is -2.08. The van der Waals surface area contributed by atoms with Crippen molar-refractivity contribution >= 4 is 17.3 Å². The number of thiazole rings is 1. The summed E-state index contributed by atoms with van der Waals surface area (Å²) in [6.45, 7) is 2.10. The van der Waals surface area contributed by atoms with Crippen LogP contribution in [0.15, 0.2) is 0 Å². The number of aromatic carboxylic acids is 1. The highest BCUT2D eigenvalue weighted by molar-refractivity contribution is 7.12. The SMILES string of the molecule is CCCc1nc(C(=O)O)c(C2CCCCC2)s1. The average Bonchev–Trinajstić information content (AvgIpc) is 2.75. The molecule has 0 spiro atoms. The van der Waals surface area contributed by atoms with Crippen LogP contribution in [0.4, 0.5) is 0 Å². The van der Waals surface area contributed by atoms with Crippen LogP contribution in [0.3, 0.4) is 0 Å². The van der Waals surface area contributed by atoms with Gasteiger partial charge in [0, 0.05) is 4.88 Å². The Morgan fingerprint density at radius 1 is 1.41 bits per heavy atom. The number of hydrogen-bond acceptors (Lipinski definition) is 3. The Balaban J connectivity index is 2.26. The van der Waals surface area contributed by atoms with Crippen molar-refractivity contribution in [2.24, 2.45) is 0 Å². The first kappa shape index (κ1) is 12.6. The minimum Gasteiger partial charge on any atom is -0.476 e. The van der Waals surface area contributed by atoms with Crippen LogP contribution in [-0.4, -0.2) is 16.1 Å². The van der Waals surface area contributed by atoms with Gasteiger partial charge in [0.1, 0.15) is 0 Å². The summed E-state index contributed by atoms with van der Waals surface area (Å²) in [5.74, 6) is -0.415. The smallest absolute Gasteiger partial charge is 0.355 e. The maximum atomic E-state index is 11.2. The first-order valence-corrected chi connectivity index (χ1v) is 7.27. The van der Waals surface area contributed by atoms with Gasteiger partial charge in [0.25, 0.3) is 0 Å². The third kappa shape index (κ3) is 2.86. The molecule has 1 aliphatic carbocycles. The molecular weight excluding hydrogens is 234 g/mol. The zero-order valence-electron chi connectivity index (χ0n) is 10.2. The van der Waals surface area contributed by atoms with Gasteiger partial charge >= 0.3 is 5.97 Å². The number of rotatable bonds is 4. The van der Waals surface area contributed by atoms with E-state index in [1.54, 1.807) is 11.3 Å². The molecule has 0 atom stereocenters. The first-order valence-electron chi connectivity index (χ1n) is 6.45. The van der Waals surface area contributed by atoms with Gasteiger partial charge in [0.15, 0.2) is 5.69 Å². The van der Waals surface area contributed by atoms with Crippen molar-refractivity contribution < 1.29 is 9.90 Å². The predicted molar refractivity (Wildman–Crippen MR) is 68.9 cm³/mol. The van der Waals surface area contributed by atoms with E-state index in [2.05, 4.69) is 11.9 Å². The van der Waals surface area contributed by atoms with Crippen molar-refractivity contribution in [2.75, 3.05) is 0 Å². The third-order valence-corrected chi connectivity index (χ3v) is 4.62. The molecule has 1 fully saturated rings. The molecule has 4 heteroatoms. The van der Waals surface area contributed by atoms with Crippen LogP contribution in [0, 0.1) is 0 Å². The molecule has 1 N–H and O–H groups in total. The standard InChI is InChI=1S/C13H19NO2S/c1-2-6-10-14-11(13(15)16)12(17-10)9-7-4-3-5-8-9/h9H,2-8H2,1H3,(H,15,16). The summed E-state index contributed by atoms with van der Waals surface area (Å²) in [6, 6.07) is 0. The van der Waals surface area contributed by atoms with Crippen molar-refractivity contribution in [3.05, 3.63) is 15.6 Å². The van der Waals surface area contributed by atoms with E-state index < -0.39 is 5.97 Å². The Morgan fingerprint density at radius 3 is 2.71 bits per heavy atom. The third-order valence-electron chi connectivity index (χ3n) is 3.34. The fourth-order valence-corrected chi connectivity index (χ4v) is 3.82. The quantitative estimate of drug-likeness (QED) is 0.887. The van der Waals surface area contributed by atoms with E-state index in [0.717, 1.165) is 35.6 Å². The molecule has 1 aromatic heterocycles. The number of carboxylic acid groups (broad SMARTS) is 1. The summed E-state index contributed by atoms with van der Waals surface area (Å²) in [5, 5.41) is 10.2. The molecule has 0 saturated heterocycles. The van der Waals surface area contributed by atoms with Crippen molar-refractivity contribution in [2.45, 2.75) is 57.8 Å². The van der Waals surface area contributed by atoms with E-state index in [1.165, 1.54) is 19.3 Å². The number of aryl methyl sites for hydroxylation is 1. The van der Waals surface area contributed by atoms with Gasteiger partial charge in [0.05, 0.1) is 5.01 Å². The molecule has 2 rings (SSSR count). The summed E-state index contributed by atoms with van der Waals surface area (Å²) in [5.41, 5.74) is 0.324. The maximum Gasteiger partial charge on any atom is 0.355 e. The van der Waals surface area contributed by atoms with E-state index in [4.69, 9.17) is 0 Å². The molecule has 17 heavy (non-hydrogen) atoms. The van der Waals surface area contributed by atoms with E-state index in [1.807, 2.05) is 0 Å². The lowest BCUT2D eigenvalue weighted by atomic mass is 9.87. The van der Waals surface area contributed by atoms with Crippen LogP contribution < -0.4 is 0 Å². The summed E-state index contributed by atoms with van der Waals surface area (Å²) < 4.78 is 0. The number of aromatic nitrogens is 1. The van der Waals surface area contributed by atoms with Crippen molar-refractivity contribution in [1.82, 2.24) is 4.98 Å². The van der Waals surface area contributed by atoms with Crippen LogP contribution in [0.5, 0.6) is 0 Å². The predicted octanol–water partition coefficient (Wildman–Crippen LogP) is 3.84. The minimum atomic E-state index is -0.857. The van der Waals surface area contributed by atoms with Crippen LogP contribution >= 0.6 is 11.3 Å². The van der Waals surface area contributed by atoms with Crippen LogP contribution in [-0.2, 0) is 6.42 Å². The van der Waals surface area contributed by atoms with Crippen molar-refractivity contribution in [3.63, 3.8) is 0 Å². The summed E-state index contributed by atoms with van der Waals surface area (Å²) in [7, 11) is 0. The molecule has 1 saturated carbocycles. The summed E-state index contributed by atoms with van der Waals surface area (Å²) in [4.78, 5) is 16.5. The van der Waals surface area contributed by atoms with Crippen LogP contribution in [0.1, 0.15) is 71.7 Å². The molecule has 0 aromatic carbocycles. The Bertz CT molecular complexity index is 394. The second kappa shape index (κ2) is 5.63. The Kier molecular flexibility index (Phi) is 4.15. The van der Waals surface area contributed by atoms with E-state index in [0.29, 0.717) is 11.6 Å². The molecule has 0 radical (unpaired) electrons. The molecule has 0 amide bonds. The molecule has 0 bridgehead atoms. The topological polar surface area (TPSA) is 50.2 Å². The molecule has 1 aromatic rings. The molecule has 3 nitrogen and oxygen atoms in total. The van der Waals surface area contributed by atoms with Gasteiger partial charge in [-0.25, -0.2) is 9.78 Å². The number of carbonyl (C=O) groups is 1. The van der Waals surface area contributed by atoms with Gasteiger partial charge < -0.3 is 5.11 Å². The Morgan fingerprint density at radius 2 is 2.12 bits per heavy atom. The fraction of sp³-hybridized carbons (Fsp3) is 0.692. The minimum absolute atomic E-state index is 0.324. The highest BCUT2D eigenvalue weighted by atomic mass is 32.1. The fourth-order valence-electron chi connectivity index (χ4n) is 2.49. The van der Waals surface area contributed by atoms with E-state index in [9.17, 15) is 9.90 Å². The molecule has 0 aliphatic heterocycles. The molecule has 94 valence electrons. The van der Waals surface area contributed by atoms with Gasteiger partial charge in [-0.1, -0.05) is 26.2 Å². The van der Waals surface area contributed by atoms with E-state index >= 15 is 0 Å². The maximum absolute atomic E-state index is 11.2. The molecule has 0 unspecified atom stereocenters. The van der Waals surface area contributed by atoms with Crippen molar-refractivity contribution in [1.29, 1.82) is 0 Å². The second-order valence-corrected chi connectivity index (χ2v) is 5.83. The average molecular weight is 253 g/mol. The van der Waals surface area contributed by atoms with Crippen molar-refractivity contribution in [3.8, 4) is 0 Å². The van der Waals surface area contributed by atoms with Gasteiger partial charge in [-0.05, 0) is 31.6 Å². The second-order valence-electron chi connectivity index (χ2n) is 4.71. The van der Waals surface area contributed by atoms with Gasteiger partial charge in [-0.3, -0.25) is 0 Å². The Hall–Kier alpha value is -0.900. The largest absolute Gasteiger partial charge is 0.476 e. The zero-order valence-corrected chi connectivity index (χ0v) is 11.1. The number of hydrogen-bond donors (Lipinski definition) is 1. The van der Waals surface area contributed by atoms with Gasteiger partial charge in [-0.15, -0.1) is 11.3 Å². The van der Waals surface area contributed by atoms with Gasteiger partial charge in [0.2, 0.25) is 0 Å². The van der Waals surface area contributed by atoms with E-state index in [-0.39, 0.29) is 0 Å². The van der Waals surface area contributed by atoms with Crippen LogP contribution in [0.25, 0.3) is 0 Å².